The first-order valence-electron chi connectivity index (χ1n) is 6.37. The normalized spacial score (nSPS) is 12.4. The van der Waals surface area contributed by atoms with E-state index < -0.39 is 0 Å². The average Bonchev–Trinajstić information content (AvgIpc) is 2.44. The first kappa shape index (κ1) is 15.3. The molecule has 2 aromatic rings. The van der Waals surface area contributed by atoms with E-state index in [1.807, 2.05) is 24.3 Å². The molecule has 106 valence electrons. The SMILES string of the molecule is OCC(Cc1ccc(Cl)cc1)Cc1cc(F)ccc1Cl. The van der Waals surface area contributed by atoms with Crippen LogP contribution in [0, 0.1) is 11.7 Å². The maximum atomic E-state index is 13.2. The lowest BCUT2D eigenvalue weighted by molar-refractivity contribution is 0.225. The summed E-state index contributed by atoms with van der Waals surface area (Å²) in [5.41, 5.74) is 1.81. The zero-order valence-electron chi connectivity index (χ0n) is 10.8. The molecule has 4 heteroatoms. The second kappa shape index (κ2) is 7.07. The van der Waals surface area contributed by atoms with E-state index in [2.05, 4.69) is 0 Å². The monoisotopic (exact) mass is 312 g/mol. The minimum absolute atomic E-state index is 0.00419. The molecule has 0 bridgehead atoms. The number of hydrogen-bond donors (Lipinski definition) is 1. The molecule has 0 saturated carbocycles. The quantitative estimate of drug-likeness (QED) is 0.860. The van der Waals surface area contributed by atoms with Crippen molar-refractivity contribution in [1.82, 2.24) is 0 Å². The van der Waals surface area contributed by atoms with Crippen molar-refractivity contribution >= 4 is 23.2 Å². The minimum atomic E-state index is -0.312. The van der Waals surface area contributed by atoms with Crippen molar-refractivity contribution in [3.8, 4) is 0 Å². The molecule has 0 aliphatic carbocycles. The lowest BCUT2D eigenvalue weighted by atomic mass is 9.93. The molecule has 0 saturated heterocycles. The predicted octanol–water partition coefficient (Wildman–Crippen LogP) is 4.53. The molecule has 0 aromatic heterocycles. The predicted molar refractivity (Wildman–Crippen MR) is 80.8 cm³/mol. The second-order valence-corrected chi connectivity index (χ2v) is 5.66. The molecule has 0 spiro atoms. The van der Waals surface area contributed by atoms with E-state index in [0.717, 1.165) is 11.1 Å². The van der Waals surface area contributed by atoms with Gasteiger partial charge in [-0.1, -0.05) is 35.3 Å². The Morgan fingerprint density at radius 1 is 1.00 bits per heavy atom. The van der Waals surface area contributed by atoms with Gasteiger partial charge in [0.05, 0.1) is 0 Å². The second-order valence-electron chi connectivity index (χ2n) is 4.82. The van der Waals surface area contributed by atoms with E-state index in [4.69, 9.17) is 23.2 Å². The number of aliphatic hydroxyl groups excluding tert-OH is 1. The third-order valence-corrected chi connectivity index (χ3v) is 3.83. The maximum absolute atomic E-state index is 13.2. The molecule has 20 heavy (non-hydrogen) atoms. The molecule has 0 fully saturated rings. The average molecular weight is 313 g/mol. The van der Waals surface area contributed by atoms with E-state index in [9.17, 15) is 9.50 Å². The summed E-state index contributed by atoms with van der Waals surface area (Å²) in [6.45, 7) is 0.0233. The van der Waals surface area contributed by atoms with Crippen LogP contribution in [-0.4, -0.2) is 11.7 Å². The Labute approximate surface area is 128 Å². The summed E-state index contributed by atoms with van der Waals surface area (Å²) in [5.74, 6) is -0.317. The van der Waals surface area contributed by atoms with Crippen molar-refractivity contribution in [3.63, 3.8) is 0 Å². The fraction of sp³-hybridized carbons (Fsp3) is 0.250. The lowest BCUT2D eigenvalue weighted by Gasteiger charge is -2.15. The standard InChI is InChI=1S/C16H15Cl2FO/c17-14-3-1-11(2-4-14)7-12(10-20)8-13-9-15(19)5-6-16(13)18/h1-6,9,12,20H,7-8,10H2. The van der Waals surface area contributed by atoms with Gasteiger partial charge in [0.2, 0.25) is 0 Å². The van der Waals surface area contributed by atoms with Gasteiger partial charge in [-0.2, -0.15) is 0 Å². The molecule has 1 N–H and O–H groups in total. The molecule has 1 atom stereocenters. The first-order chi connectivity index (χ1) is 9.58. The van der Waals surface area contributed by atoms with Gasteiger partial charge in [0, 0.05) is 16.7 Å². The van der Waals surface area contributed by atoms with Crippen LogP contribution in [0.15, 0.2) is 42.5 Å². The third kappa shape index (κ3) is 4.20. The van der Waals surface area contributed by atoms with Gasteiger partial charge in [-0.25, -0.2) is 4.39 Å². The van der Waals surface area contributed by atoms with Gasteiger partial charge in [-0.3, -0.25) is 0 Å². The zero-order chi connectivity index (χ0) is 14.5. The van der Waals surface area contributed by atoms with Crippen molar-refractivity contribution in [2.24, 2.45) is 5.92 Å². The number of hydrogen-bond acceptors (Lipinski definition) is 1. The van der Waals surface area contributed by atoms with E-state index in [1.54, 1.807) is 6.07 Å². The van der Waals surface area contributed by atoms with Crippen LogP contribution in [0.1, 0.15) is 11.1 Å². The van der Waals surface area contributed by atoms with Crippen LogP contribution in [-0.2, 0) is 12.8 Å². The summed E-state index contributed by atoms with van der Waals surface area (Å²) in [6, 6.07) is 11.8. The summed E-state index contributed by atoms with van der Waals surface area (Å²) in [4.78, 5) is 0. The van der Waals surface area contributed by atoms with E-state index in [-0.39, 0.29) is 18.3 Å². The third-order valence-electron chi connectivity index (χ3n) is 3.21. The van der Waals surface area contributed by atoms with Gasteiger partial charge in [0.1, 0.15) is 5.82 Å². The molecule has 2 aromatic carbocycles. The van der Waals surface area contributed by atoms with Crippen LogP contribution in [0.4, 0.5) is 4.39 Å². The van der Waals surface area contributed by atoms with Gasteiger partial charge < -0.3 is 5.11 Å². The highest BCUT2D eigenvalue weighted by Gasteiger charge is 2.12. The van der Waals surface area contributed by atoms with Gasteiger partial charge in [0.15, 0.2) is 0 Å². The van der Waals surface area contributed by atoms with Gasteiger partial charge in [-0.05, 0) is 60.2 Å². The molecule has 0 aliphatic rings. The molecule has 0 radical (unpaired) electrons. The number of benzene rings is 2. The van der Waals surface area contributed by atoms with Crippen LogP contribution in [0.3, 0.4) is 0 Å². The van der Waals surface area contributed by atoms with Crippen molar-refractivity contribution in [2.75, 3.05) is 6.61 Å². The fourth-order valence-corrected chi connectivity index (χ4v) is 2.49. The van der Waals surface area contributed by atoms with Crippen LogP contribution in [0.5, 0.6) is 0 Å². The van der Waals surface area contributed by atoms with Gasteiger partial charge >= 0.3 is 0 Å². The number of rotatable bonds is 5. The van der Waals surface area contributed by atoms with Crippen LogP contribution >= 0.6 is 23.2 Å². The Hall–Kier alpha value is -1.09. The fourth-order valence-electron chi connectivity index (χ4n) is 2.17. The molecule has 0 aliphatic heterocycles. The Balaban J connectivity index is 2.08. The molecule has 1 unspecified atom stereocenters. The van der Waals surface area contributed by atoms with Crippen LogP contribution < -0.4 is 0 Å². The largest absolute Gasteiger partial charge is 0.396 e. The first-order valence-corrected chi connectivity index (χ1v) is 7.13. The smallest absolute Gasteiger partial charge is 0.123 e. The highest BCUT2D eigenvalue weighted by atomic mass is 35.5. The van der Waals surface area contributed by atoms with Gasteiger partial charge in [0.25, 0.3) is 0 Å². The van der Waals surface area contributed by atoms with E-state index >= 15 is 0 Å². The van der Waals surface area contributed by atoms with Crippen LogP contribution in [0.2, 0.25) is 10.0 Å². The Morgan fingerprint density at radius 3 is 2.35 bits per heavy atom. The summed E-state index contributed by atoms with van der Waals surface area (Å²) in [5, 5.41) is 10.7. The number of aliphatic hydroxyl groups is 1. The Kier molecular flexibility index (Phi) is 5.41. The van der Waals surface area contributed by atoms with Crippen LogP contribution in [0.25, 0.3) is 0 Å². The molecule has 0 heterocycles. The summed E-state index contributed by atoms with van der Waals surface area (Å²) in [7, 11) is 0. The summed E-state index contributed by atoms with van der Waals surface area (Å²) in [6.07, 6.45) is 1.23. The topological polar surface area (TPSA) is 20.2 Å². The Morgan fingerprint density at radius 2 is 1.70 bits per heavy atom. The Bertz CT molecular complexity index is 569. The van der Waals surface area contributed by atoms with E-state index in [1.165, 1.54) is 12.1 Å². The maximum Gasteiger partial charge on any atom is 0.123 e. The van der Waals surface area contributed by atoms with Crippen molar-refractivity contribution in [3.05, 3.63) is 69.5 Å². The van der Waals surface area contributed by atoms with E-state index in [0.29, 0.717) is 22.9 Å². The van der Waals surface area contributed by atoms with Crippen molar-refractivity contribution in [1.29, 1.82) is 0 Å². The summed E-state index contributed by atoms with van der Waals surface area (Å²) >= 11 is 11.9. The zero-order valence-corrected chi connectivity index (χ0v) is 12.3. The number of halogens is 3. The highest BCUT2D eigenvalue weighted by molar-refractivity contribution is 6.31. The minimum Gasteiger partial charge on any atom is -0.396 e. The molecule has 2 rings (SSSR count). The highest BCUT2D eigenvalue weighted by Crippen LogP contribution is 2.22. The van der Waals surface area contributed by atoms with Gasteiger partial charge in [-0.15, -0.1) is 0 Å². The molecule has 1 nitrogen and oxygen atoms in total. The molecular weight excluding hydrogens is 298 g/mol. The van der Waals surface area contributed by atoms with Crippen molar-refractivity contribution in [2.45, 2.75) is 12.8 Å². The van der Waals surface area contributed by atoms with Crippen molar-refractivity contribution < 1.29 is 9.50 Å². The molecular formula is C16H15Cl2FO. The molecule has 0 amide bonds. The summed E-state index contributed by atoms with van der Waals surface area (Å²) < 4.78 is 13.2. The lowest BCUT2D eigenvalue weighted by Crippen LogP contribution is -2.13.